The molecule has 3 nitrogen and oxygen atoms in total. The van der Waals surface area contributed by atoms with Crippen molar-refractivity contribution in [2.75, 3.05) is 20.3 Å². The minimum atomic E-state index is -0.680. The molecule has 13 heavy (non-hydrogen) atoms. The van der Waals surface area contributed by atoms with Gasteiger partial charge in [0.1, 0.15) is 0 Å². The number of aliphatic hydroxyl groups is 1. The van der Waals surface area contributed by atoms with Gasteiger partial charge in [-0.05, 0) is 32.2 Å². The van der Waals surface area contributed by atoms with Crippen LogP contribution >= 0.6 is 0 Å². The Morgan fingerprint density at radius 2 is 2.15 bits per heavy atom. The van der Waals surface area contributed by atoms with Gasteiger partial charge in [0.25, 0.3) is 0 Å². The van der Waals surface area contributed by atoms with Crippen molar-refractivity contribution in [3.63, 3.8) is 0 Å². The molecule has 0 aromatic carbocycles. The zero-order valence-electron chi connectivity index (χ0n) is 9.05. The van der Waals surface area contributed by atoms with Gasteiger partial charge in [-0.25, -0.2) is 0 Å². The Morgan fingerprint density at radius 1 is 1.54 bits per heavy atom. The molecule has 0 saturated heterocycles. The predicted octanol–water partition coefficient (Wildman–Crippen LogP) is 1.15. The second-order valence-corrected chi connectivity index (χ2v) is 3.82. The predicted molar refractivity (Wildman–Crippen MR) is 54.6 cm³/mol. The fraction of sp³-hybridized carbons (Fsp3) is 1.00. The molecule has 0 amide bonds. The van der Waals surface area contributed by atoms with Crippen molar-refractivity contribution in [3.05, 3.63) is 0 Å². The standard InChI is InChI=1S/C10H23NO2/c1-4-5-9(8-11)10(2,12)6-7-13-3/h9,12H,4-8,11H2,1-3H3. The van der Waals surface area contributed by atoms with Crippen LogP contribution in [0.2, 0.25) is 0 Å². The lowest BCUT2D eigenvalue weighted by Gasteiger charge is -2.31. The Labute approximate surface area is 81.3 Å². The van der Waals surface area contributed by atoms with Gasteiger partial charge in [0.2, 0.25) is 0 Å². The number of methoxy groups -OCH3 is 1. The molecule has 2 unspecified atom stereocenters. The highest BCUT2D eigenvalue weighted by Crippen LogP contribution is 2.24. The van der Waals surface area contributed by atoms with Crippen LogP contribution in [0, 0.1) is 5.92 Å². The Balaban J connectivity index is 4.03. The van der Waals surface area contributed by atoms with Gasteiger partial charge in [0.05, 0.1) is 5.60 Å². The lowest BCUT2D eigenvalue weighted by molar-refractivity contribution is -0.0261. The van der Waals surface area contributed by atoms with Gasteiger partial charge < -0.3 is 15.6 Å². The minimum absolute atomic E-state index is 0.188. The molecule has 80 valence electrons. The summed E-state index contributed by atoms with van der Waals surface area (Å²) in [6, 6.07) is 0. The third kappa shape index (κ3) is 4.60. The van der Waals surface area contributed by atoms with Crippen LogP contribution in [0.25, 0.3) is 0 Å². The Bertz CT molecular complexity index is 126. The van der Waals surface area contributed by atoms with E-state index in [9.17, 15) is 5.11 Å². The van der Waals surface area contributed by atoms with E-state index in [1.807, 2.05) is 6.92 Å². The first-order valence-electron chi connectivity index (χ1n) is 4.99. The van der Waals surface area contributed by atoms with Crippen molar-refractivity contribution in [3.8, 4) is 0 Å². The second-order valence-electron chi connectivity index (χ2n) is 3.82. The summed E-state index contributed by atoms with van der Waals surface area (Å²) in [5, 5.41) is 10.1. The van der Waals surface area contributed by atoms with Crippen molar-refractivity contribution in [2.24, 2.45) is 11.7 Å². The van der Waals surface area contributed by atoms with Gasteiger partial charge in [-0.15, -0.1) is 0 Å². The van der Waals surface area contributed by atoms with Gasteiger partial charge in [0.15, 0.2) is 0 Å². The highest BCUT2D eigenvalue weighted by atomic mass is 16.5. The van der Waals surface area contributed by atoms with E-state index in [-0.39, 0.29) is 5.92 Å². The van der Waals surface area contributed by atoms with Gasteiger partial charge in [0, 0.05) is 13.7 Å². The van der Waals surface area contributed by atoms with E-state index in [2.05, 4.69) is 6.92 Å². The summed E-state index contributed by atoms with van der Waals surface area (Å²) in [6.07, 6.45) is 2.70. The molecule has 0 aliphatic rings. The highest BCUT2D eigenvalue weighted by Gasteiger charge is 2.29. The van der Waals surface area contributed by atoms with E-state index < -0.39 is 5.60 Å². The first-order valence-corrected chi connectivity index (χ1v) is 4.99. The molecule has 0 saturated carbocycles. The molecule has 0 radical (unpaired) electrons. The Hall–Kier alpha value is -0.120. The first-order chi connectivity index (χ1) is 6.08. The Kier molecular flexibility index (Phi) is 6.29. The third-order valence-corrected chi connectivity index (χ3v) is 2.61. The molecule has 0 aromatic rings. The smallest absolute Gasteiger partial charge is 0.0681 e. The molecule has 0 aromatic heterocycles. The zero-order chi connectivity index (χ0) is 10.3. The summed E-state index contributed by atoms with van der Waals surface area (Å²) in [5.74, 6) is 0.188. The molecule has 2 atom stereocenters. The molecule has 0 fully saturated rings. The summed E-state index contributed by atoms with van der Waals surface area (Å²) >= 11 is 0. The lowest BCUT2D eigenvalue weighted by atomic mass is 9.83. The molecular formula is C10H23NO2. The van der Waals surface area contributed by atoms with Crippen LogP contribution in [-0.2, 0) is 4.74 Å². The van der Waals surface area contributed by atoms with Crippen LogP contribution < -0.4 is 5.73 Å². The zero-order valence-corrected chi connectivity index (χ0v) is 9.05. The second kappa shape index (κ2) is 6.35. The molecule has 0 bridgehead atoms. The van der Waals surface area contributed by atoms with Crippen LogP contribution in [0.1, 0.15) is 33.1 Å². The van der Waals surface area contributed by atoms with Crippen LogP contribution in [0.5, 0.6) is 0 Å². The largest absolute Gasteiger partial charge is 0.390 e. The molecule has 3 N–H and O–H groups in total. The van der Waals surface area contributed by atoms with Crippen LogP contribution in [0.15, 0.2) is 0 Å². The average molecular weight is 189 g/mol. The molecule has 0 aliphatic heterocycles. The molecule has 0 rings (SSSR count). The fourth-order valence-corrected chi connectivity index (χ4v) is 1.54. The monoisotopic (exact) mass is 189 g/mol. The van der Waals surface area contributed by atoms with Crippen molar-refractivity contribution >= 4 is 0 Å². The van der Waals surface area contributed by atoms with E-state index in [0.717, 1.165) is 12.8 Å². The van der Waals surface area contributed by atoms with Gasteiger partial charge in [-0.2, -0.15) is 0 Å². The van der Waals surface area contributed by atoms with Crippen LogP contribution in [0.4, 0.5) is 0 Å². The molecular weight excluding hydrogens is 166 g/mol. The van der Waals surface area contributed by atoms with Crippen LogP contribution in [-0.4, -0.2) is 31.0 Å². The highest BCUT2D eigenvalue weighted by molar-refractivity contribution is 4.82. The third-order valence-electron chi connectivity index (χ3n) is 2.61. The van der Waals surface area contributed by atoms with Gasteiger partial charge >= 0.3 is 0 Å². The van der Waals surface area contributed by atoms with Crippen molar-refractivity contribution in [2.45, 2.75) is 38.7 Å². The molecule has 3 heteroatoms. The molecule has 0 spiro atoms. The lowest BCUT2D eigenvalue weighted by Crippen LogP contribution is -2.40. The number of rotatable bonds is 7. The van der Waals surface area contributed by atoms with Crippen LogP contribution in [0.3, 0.4) is 0 Å². The average Bonchev–Trinajstić information content (AvgIpc) is 2.10. The summed E-state index contributed by atoms with van der Waals surface area (Å²) in [4.78, 5) is 0. The molecule has 0 heterocycles. The SMILES string of the molecule is CCCC(CN)C(C)(O)CCOC. The van der Waals surface area contributed by atoms with Gasteiger partial charge in [-0.1, -0.05) is 13.3 Å². The number of nitrogens with two attached hydrogens (primary N) is 1. The number of hydrogen-bond donors (Lipinski definition) is 2. The van der Waals surface area contributed by atoms with Crippen molar-refractivity contribution in [1.29, 1.82) is 0 Å². The van der Waals surface area contributed by atoms with E-state index in [0.29, 0.717) is 19.6 Å². The summed E-state index contributed by atoms with van der Waals surface area (Å²) < 4.78 is 4.95. The Morgan fingerprint density at radius 3 is 2.54 bits per heavy atom. The maximum Gasteiger partial charge on any atom is 0.0681 e. The maximum atomic E-state index is 10.1. The minimum Gasteiger partial charge on any atom is -0.390 e. The number of ether oxygens (including phenoxy) is 1. The first kappa shape index (κ1) is 12.9. The van der Waals surface area contributed by atoms with E-state index in [1.165, 1.54) is 0 Å². The van der Waals surface area contributed by atoms with Crippen molar-refractivity contribution in [1.82, 2.24) is 0 Å². The summed E-state index contributed by atoms with van der Waals surface area (Å²) in [7, 11) is 1.65. The van der Waals surface area contributed by atoms with E-state index >= 15 is 0 Å². The quantitative estimate of drug-likeness (QED) is 0.631. The topological polar surface area (TPSA) is 55.5 Å². The summed E-state index contributed by atoms with van der Waals surface area (Å²) in [5.41, 5.74) is 4.94. The van der Waals surface area contributed by atoms with E-state index in [1.54, 1.807) is 7.11 Å². The number of hydrogen-bond acceptors (Lipinski definition) is 3. The summed E-state index contributed by atoms with van der Waals surface area (Å²) in [6.45, 7) is 5.09. The van der Waals surface area contributed by atoms with Gasteiger partial charge in [-0.3, -0.25) is 0 Å². The fourth-order valence-electron chi connectivity index (χ4n) is 1.54. The maximum absolute atomic E-state index is 10.1. The van der Waals surface area contributed by atoms with E-state index in [4.69, 9.17) is 10.5 Å². The normalized spacial score (nSPS) is 18.2. The van der Waals surface area contributed by atoms with Crippen molar-refractivity contribution < 1.29 is 9.84 Å². The molecule has 0 aliphatic carbocycles.